The van der Waals surface area contributed by atoms with Gasteiger partial charge in [0.25, 0.3) is 0 Å². The van der Waals surface area contributed by atoms with Crippen molar-refractivity contribution in [2.24, 2.45) is 5.73 Å². The Morgan fingerprint density at radius 2 is 2.24 bits per heavy atom. The number of nitrogens with zero attached hydrogens (tertiary/aromatic N) is 2. The zero-order valence-corrected chi connectivity index (χ0v) is 11.5. The van der Waals surface area contributed by atoms with Crippen molar-refractivity contribution < 1.29 is 0 Å². The van der Waals surface area contributed by atoms with Crippen LogP contribution in [-0.4, -0.2) is 14.9 Å². The lowest BCUT2D eigenvalue weighted by molar-refractivity contribution is 0.603. The SMILES string of the molecule is Cc1cccc2nc(CCC3(N)CC3)c(Br)n12. The molecule has 90 valence electrons. The average molecular weight is 294 g/mol. The maximum Gasteiger partial charge on any atom is 0.138 e. The number of pyridine rings is 1. The summed E-state index contributed by atoms with van der Waals surface area (Å²) in [6.07, 6.45) is 4.32. The molecule has 2 aromatic heterocycles. The second kappa shape index (κ2) is 3.82. The first-order chi connectivity index (χ1) is 8.09. The van der Waals surface area contributed by atoms with E-state index in [0.29, 0.717) is 0 Å². The summed E-state index contributed by atoms with van der Waals surface area (Å²) in [7, 11) is 0. The van der Waals surface area contributed by atoms with Gasteiger partial charge >= 0.3 is 0 Å². The number of aromatic nitrogens is 2. The fourth-order valence-corrected chi connectivity index (χ4v) is 2.94. The van der Waals surface area contributed by atoms with Crippen LogP contribution < -0.4 is 5.73 Å². The summed E-state index contributed by atoms with van der Waals surface area (Å²) in [4.78, 5) is 4.66. The molecular formula is C13H16BrN3. The first-order valence-electron chi connectivity index (χ1n) is 6.00. The van der Waals surface area contributed by atoms with Crippen LogP contribution in [0.4, 0.5) is 0 Å². The van der Waals surface area contributed by atoms with Crippen LogP contribution in [0, 0.1) is 6.92 Å². The lowest BCUT2D eigenvalue weighted by Crippen LogP contribution is -2.22. The quantitative estimate of drug-likeness (QED) is 0.946. The van der Waals surface area contributed by atoms with Crippen LogP contribution in [0.2, 0.25) is 0 Å². The molecule has 0 amide bonds. The minimum atomic E-state index is 0.101. The third kappa shape index (κ3) is 2.00. The van der Waals surface area contributed by atoms with E-state index in [4.69, 9.17) is 5.73 Å². The van der Waals surface area contributed by atoms with Crippen LogP contribution in [0.25, 0.3) is 5.65 Å². The highest BCUT2D eigenvalue weighted by Gasteiger charge is 2.37. The highest BCUT2D eigenvalue weighted by molar-refractivity contribution is 9.10. The molecule has 2 heterocycles. The second-order valence-corrected chi connectivity index (χ2v) is 5.82. The van der Waals surface area contributed by atoms with Crippen molar-refractivity contribution in [3.63, 3.8) is 0 Å². The van der Waals surface area contributed by atoms with Crippen molar-refractivity contribution >= 4 is 21.6 Å². The molecule has 0 bridgehead atoms. The number of nitrogens with two attached hydrogens (primary N) is 1. The number of hydrogen-bond acceptors (Lipinski definition) is 2. The first-order valence-corrected chi connectivity index (χ1v) is 6.80. The number of rotatable bonds is 3. The molecule has 3 nitrogen and oxygen atoms in total. The summed E-state index contributed by atoms with van der Waals surface area (Å²) in [5, 5.41) is 0. The van der Waals surface area contributed by atoms with Crippen molar-refractivity contribution in [2.75, 3.05) is 0 Å². The molecule has 2 N–H and O–H groups in total. The van der Waals surface area contributed by atoms with Crippen molar-refractivity contribution in [3.8, 4) is 0 Å². The van der Waals surface area contributed by atoms with Crippen molar-refractivity contribution in [3.05, 3.63) is 34.2 Å². The van der Waals surface area contributed by atoms with Crippen LogP contribution >= 0.6 is 15.9 Å². The van der Waals surface area contributed by atoms with Crippen LogP contribution in [-0.2, 0) is 6.42 Å². The van der Waals surface area contributed by atoms with E-state index in [-0.39, 0.29) is 5.54 Å². The maximum atomic E-state index is 6.12. The molecule has 3 rings (SSSR count). The predicted molar refractivity (Wildman–Crippen MR) is 72.1 cm³/mol. The van der Waals surface area contributed by atoms with Crippen molar-refractivity contribution in [1.29, 1.82) is 0 Å². The van der Waals surface area contributed by atoms with Gasteiger partial charge in [-0.25, -0.2) is 4.98 Å². The molecule has 0 unspecified atom stereocenters. The monoisotopic (exact) mass is 293 g/mol. The van der Waals surface area contributed by atoms with Gasteiger partial charge in [-0.05, 0) is 60.7 Å². The van der Waals surface area contributed by atoms with Gasteiger partial charge in [-0.3, -0.25) is 4.40 Å². The second-order valence-electron chi connectivity index (χ2n) is 5.07. The van der Waals surface area contributed by atoms with E-state index in [1.807, 2.05) is 12.1 Å². The maximum absolute atomic E-state index is 6.12. The molecule has 0 saturated heterocycles. The molecule has 0 aromatic carbocycles. The van der Waals surface area contributed by atoms with Gasteiger partial charge in [0.05, 0.1) is 5.69 Å². The Kier molecular flexibility index (Phi) is 2.52. The normalized spacial score (nSPS) is 17.6. The van der Waals surface area contributed by atoms with Crippen LogP contribution in [0.1, 0.15) is 30.7 Å². The van der Waals surface area contributed by atoms with E-state index in [0.717, 1.165) is 41.6 Å². The molecule has 0 spiro atoms. The summed E-state index contributed by atoms with van der Waals surface area (Å²) in [6, 6.07) is 6.17. The van der Waals surface area contributed by atoms with Crippen molar-refractivity contribution in [2.45, 2.75) is 38.1 Å². The van der Waals surface area contributed by atoms with Gasteiger partial charge in [0.2, 0.25) is 0 Å². The van der Waals surface area contributed by atoms with Gasteiger partial charge < -0.3 is 5.73 Å². The van der Waals surface area contributed by atoms with E-state index >= 15 is 0 Å². The number of aryl methyl sites for hydroxylation is 2. The van der Waals surface area contributed by atoms with Gasteiger partial charge in [0.1, 0.15) is 10.3 Å². The highest BCUT2D eigenvalue weighted by Crippen LogP contribution is 2.37. The van der Waals surface area contributed by atoms with E-state index in [2.05, 4.69) is 38.3 Å². The molecular weight excluding hydrogens is 278 g/mol. The van der Waals surface area contributed by atoms with Gasteiger partial charge in [0.15, 0.2) is 0 Å². The number of hydrogen-bond donors (Lipinski definition) is 1. The third-order valence-corrected chi connectivity index (χ3v) is 4.41. The lowest BCUT2D eigenvalue weighted by Gasteiger charge is -2.06. The Hall–Kier alpha value is -0.870. The van der Waals surface area contributed by atoms with Crippen LogP contribution in [0.3, 0.4) is 0 Å². The van der Waals surface area contributed by atoms with Gasteiger partial charge in [-0.15, -0.1) is 0 Å². The summed E-state index contributed by atoms with van der Waals surface area (Å²) >= 11 is 3.65. The summed E-state index contributed by atoms with van der Waals surface area (Å²) in [5.74, 6) is 0. The number of fused-ring (bicyclic) bond motifs is 1. The van der Waals surface area contributed by atoms with Gasteiger partial charge in [-0.2, -0.15) is 0 Å². The van der Waals surface area contributed by atoms with Crippen LogP contribution in [0.5, 0.6) is 0 Å². The Morgan fingerprint density at radius 3 is 2.88 bits per heavy atom. The Labute approximate surface area is 109 Å². The van der Waals surface area contributed by atoms with Crippen LogP contribution in [0.15, 0.2) is 22.8 Å². The van der Waals surface area contributed by atoms with E-state index < -0.39 is 0 Å². The summed E-state index contributed by atoms with van der Waals surface area (Å²) < 4.78 is 3.22. The smallest absolute Gasteiger partial charge is 0.138 e. The minimum Gasteiger partial charge on any atom is -0.325 e. The van der Waals surface area contributed by atoms with Gasteiger partial charge in [-0.1, -0.05) is 6.07 Å². The fourth-order valence-electron chi connectivity index (χ4n) is 2.20. The minimum absolute atomic E-state index is 0.101. The molecule has 2 aromatic rings. The molecule has 1 fully saturated rings. The highest BCUT2D eigenvalue weighted by atomic mass is 79.9. The van der Waals surface area contributed by atoms with E-state index in [1.165, 1.54) is 5.69 Å². The number of halogens is 1. The Bertz CT molecular complexity index is 569. The fraction of sp³-hybridized carbons (Fsp3) is 0.462. The van der Waals surface area contributed by atoms with Crippen molar-refractivity contribution in [1.82, 2.24) is 9.38 Å². The average Bonchev–Trinajstić information content (AvgIpc) is 2.93. The Morgan fingerprint density at radius 1 is 1.47 bits per heavy atom. The summed E-state index contributed by atoms with van der Waals surface area (Å²) in [5.41, 5.74) is 9.55. The third-order valence-electron chi connectivity index (χ3n) is 3.60. The molecule has 17 heavy (non-hydrogen) atoms. The molecule has 4 heteroatoms. The molecule has 1 aliphatic rings. The number of imidazole rings is 1. The molecule has 0 aliphatic heterocycles. The molecule has 1 aliphatic carbocycles. The first kappa shape index (κ1) is 11.2. The standard InChI is InChI=1S/C13H16BrN3/c1-9-3-2-4-11-16-10(12(14)17(9)11)5-6-13(15)7-8-13/h2-4H,5-8,15H2,1H3. The van der Waals surface area contributed by atoms with Gasteiger partial charge in [0, 0.05) is 11.2 Å². The molecule has 1 saturated carbocycles. The topological polar surface area (TPSA) is 43.3 Å². The zero-order chi connectivity index (χ0) is 12.0. The van der Waals surface area contributed by atoms with E-state index in [9.17, 15) is 0 Å². The molecule has 0 radical (unpaired) electrons. The largest absolute Gasteiger partial charge is 0.325 e. The zero-order valence-electron chi connectivity index (χ0n) is 9.91. The lowest BCUT2D eigenvalue weighted by atomic mass is 10.1. The van der Waals surface area contributed by atoms with E-state index in [1.54, 1.807) is 0 Å². The predicted octanol–water partition coefficient (Wildman–Crippen LogP) is 2.83. The molecule has 0 atom stereocenters. The Balaban J connectivity index is 1.94. The summed E-state index contributed by atoms with van der Waals surface area (Å²) in [6.45, 7) is 2.09.